The summed E-state index contributed by atoms with van der Waals surface area (Å²) in [5, 5.41) is 0. The molecule has 24 heavy (non-hydrogen) atoms. The Hall–Kier alpha value is -2.21. The van der Waals surface area contributed by atoms with E-state index in [-0.39, 0.29) is 42.4 Å². The second-order valence-electron chi connectivity index (χ2n) is 6.71. The van der Waals surface area contributed by atoms with Gasteiger partial charge in [-0.25, -0.2) is 4.79 Å². The molecule has 3 heterocycles. The van der Waals surface area contributed by atoms with Crippen LogP contribution in [0.3, 0.4) is 0 Å². The molecule has 3 saturated heterocycles. The fourth-order valence-corrected chi connectivity index (χ4v) is 4.07. The van der Waals surface area contributed by atoms with E-state index in [2.05, 4.69) is 0 Å². The topological polar surface area (TPSA) is 72.9 Å². The standard InChI is InChI=1S/C18H19NO5/c1-10(23-18(22)11-5-3-2-4-6-11)9-19-16(20)14-12-7-8-13(24-12)15(14)17(19)21/h2-6,10,12-15H,7-9H2,1H3. The van der Waals surface area contributed by atoms with Gasteiger partial charge in [0.05, 0.1) is 36.2 Å². The van der Waals surface area contributed by atoms with Crippen molar-refractivity contribution in [1.29, 1.82) is 0 Å². The van der Waals surface area contributed by atoms with Crippen LogP contribution in [0.2, 0.25) is 0 Å². The quantitative estimate of drug-likeness (QED) is 0.617. The van der Waals surface area contributed by atoms with Crippen molar-refractivity contribution in [3.05, 3.63) is 35.9 Å². The number of nitrogens with zero attached hydrogens (tertiary/aromatic N) is 1. The summed E-state index contributed by atoms with van der Waals surface area (Å²) >= 11 is 0. The van der Waals surface area contributed by atoms with Crippen LogP contribution in [0, 0.1) is 11.8 Å². The molecule has 2 amide bonds. The number of likely N-dealkylation sites (tertiary alicyclic amines) is 1. The van der Waals surface area contributed by atoms with Crippen molar-refractivity contribution in [3.8, 4) is 0 Å². The van der Waals surface area contributed by atoms with E-state index in [1.807, 2.05) is 6.07 Å². The van der Waals surface area contributed by atoms with Crippen molar-refractivity contribution in [2.24, 2.45) is 11.8 Å². The van der Waals surface area contributed by atoms with Gasteiger partial charge in [0.15, 0.2) is 0 Å². The number of imide groups is 1. The molecule has 5 atom stereocenters. The molecule has 0 N–H and O–H groups in total. The molecule has 6 heteroatoms. The molecular weight excluding hydrogens is 310 g/mol. The molecule has 4 rings (SSSR count). The van der Waals surface area contributed by atoms with Gasteiger partial charge in [0.2, 0.25) is 11.8 Å². The average Bonchev–Trinajstić information content (AvgIpc) is 3.25. The Labute approximate surface area is 139 Å². The monoisotopic (exact) mass is 329 g/mol. The number of carbonyl (C=O) groups is 3. The summed E-state index contributed by atoms with van der Waals surface area (Å²) in [6.07, 6.45) is 0.893. The molecular formula is C18H19NO5. The Kier molecular flexibility index (Phi) is 3.64. The zero-order chi connectivity index (χ0) is 16.8. The number of ether oxygens (including phenoxy) is 2. The lowest BCUT2D eigenvalue weighted by molar-refractivity contribution is -0.144. The minimum absolute atomic E-state index is 0.0999. The number of hydrogen-bond donors (Lipinski definition) is 0. The van der Waals surface area contributed by atoms with Gasteiger partial charge in [-0.3, -0.25) is 14.5 Å². The lowest BCUT2D eigenvalue weighted by Gasteiger charge is -2.21. The molecule has 0 aromatic heterocycles. The van der Waals surface area contributed by atoms with Gasteiger partial charge >= 0.3 is 5.97 Å². The van der Waals surface area contributed by atoms with Crippen molar-refractivity contribution < 1.29 is 23.9 Å². The number of hydrogen-bond acceptors (Lipinski definition) is 5. The molecule has 0 aliphatic carbocycles. The number of rotatable bonds is 4. The first-order valence-electron chi connectivity index (χ1n) is 8.33. The highest BCUT2D eigenvalue weighted by Crippen LogP contribution is 2.48. The largest absolute Gasteiger partial charge is 0.457 e. The minimum atomic E-state index is -0.553. The molecule has 6 nitrogen and oxygen atoms in total. The van der Waals surface area contributed by atoms with Gasteiger partial charge < -0.3 is 9.47 Å². The lowest BCUT2D eigenvalue weighted by atomic mass is 9.81. The molecule has 126 valence electrons. The van der Waals surface area contributed by atoms with Crippen molar-refractivity contribution >= 4 is 17.8 Å². The van der Waals surface area contributed by atoms with Gasteiger partial charge in [-0.1, -0.05) is 18.2 Å². The molecule has 2 bridgehead atoms. The van der Waals surface area contributed by atoms with E-state index >= 15 is 0 Å². The predicted octanol–water partition coefficient (Wildman–Crippen LogP) is 1.39. The van der Waals surface area contributed by atoms with Gasteiger partial charge in [0.1, 0.15) is 6.10 Å². The molecule has 0 radical (unpaired) electrons. The first-order valence-corrected chi connectivity index (χ1v) is 8.33. The maximum absolute atomic E-state index is 12.6. The number of amides is 2. The number of esters is 1. The van der Waals surface area contributed by atoms with E-state index in [0.717, 1.165) is 12.8 Å². The smallest absolute Gasteiger partial charge is 0.338 e. The van der Waals surface area contributed by atoms with Crippen LogP contribution in [0.5, 0.6) is 0 Å². The Morgan fingerprint density at radius 2 is 1.75 bits per heavy atom. The van der Waals surface area contributed by atoms with E-state index in [1.165, 1.54) is 4.90 Å². The molecule has 0 spiro atoms. The predicted molar refractivity (Wildman–Crippen MR) is 82.9 cm³/mol. The van der Waals surface area contributed by atoms with E-state index in [1.54, 1.807) is 31.2 Å². The third kappa shape index (κ3) is 2.33. The van der Waals surface area contributed by atoms with Crippen LogP contribution in [0.15, 0.2) is 30.3 Å². The van der Waals surface area contributed by atoms with Gasteiger partial charge in [-0.05, 0) is 31.9 Å². The molecule has 0 saturated carbocycles. The zero-order valence-electron chi connectivity index (χ0n) is 13.4. The van der Waals surface area contributed by atoms with Gasteiger partial charge in [0.25, 0.3) is 0 Å². The SMILES string of the molecule is CC(CN1C(=O)C2C3CCC(O3)C2C1=O)OC(=O)c1ccccc1. The highest BCUT2D eigenvalue weighted by atomic mass is 16.5. The Balaban J connectivity index is 1.41. The third-order valence-electron chi connectivity index (χ3n) is 5.13. The number of carbonyl (C=O) groups excluding carboxylic acids is 3. The van der Waals surface area contributed by atoms with E-state index in [9.17, 15) is 14.4 Å². The molecule has 3 aliphatic rings. The number of fused-ring (bicyclic) bond motifs is 5. The lowest BCUT2D eigenvalue weighted by Crippen LogP contribution is -2.40. The van der Waals surface area contributed by atoms with Crippen LogP contribution in [0.25, 0.3) is 0 Å². The summed E-state index contributed by atoms with van der Waals surface area (Å²) in [5.74, 6) is -1.49. The maximum atomic E-state index is 12.6. The zero-order valence-corrected chi connectivity index (χ0v) is 13.4. The molecule has 1 aromatic rings. The number of benzene rings is 1. The molecule has 3 aliphatic heterocycles. The van der Waals surface area contributed by atoms with Crippen LogP contribution < -0.4 is 0 Å². The molecule has 5 unspecified atom stereocenters. The first-order chi connectivity index (χ1) is 11.6. The summed E-state index contributed by atoms with van der Waals surface area (Å²) in [5.41, 5.74) is 0.451. The van der Waals surface area contributed by atoms with Crippen molar-refractivity contribution in [2.75, 3.05) is 6.54 Å². The highest BCUT2D eigenvalue weighted by Gasteiger charge is 2.62. The van der Waals surface area contributed by atoms with Crippen LogP contribution in [-0.2, 0) is 19.1 Å². The van der Waals surface area contributed by atoms with Gasteiger partial charge in [0, 0.05) is 0 Å². The van der Waals surface area contributed by atoms with Crippen LogP contribution >= 0.6 is 0 Å². The second-order valence-corrected chi connectivity index (χ2v) is 6.71. The summed E-state index contributed by atoms with van der Waals surface area (Å²) in [7, 11) is 0. The fourth-order valence-electron chi connectivity index (χ4n) is 4.07. The van der Waals surface area contributed by atoms with Crippen LogP contribution in [0.4, 0.5) is 0 Å². The summed E-state index contributed by atoms with van der Waals surface area (Å²) in [6.45, 7) is 1.79. The fraction of sp³-hybridized carbons (Fsp3) is 0.500. The van der Waals surface area contributed by atoms with Crippen LogP contribution in [0.1, 0.15) is 30.1 Å². The van der Waals surface area contributed by atoms with Crippen molar-refractivity contribution in [1.82, 2.24) is 4.90 Å². The third-order valence-corrected chi connectivity index (χ3v) is 5.13. The second kappa shape index (κ2) is 5.70. The summed E-state index contributed by atoms with van der Waals surface area (Å²) in [4.78, 5) is 38.5. The molecule has 1 aromatic carbocycles. The van der Waals surface area contributed by atoms with E-state index < -0.39 is 12.1 Å². The van der Waals surface area contributed by atoms with Gasteiger partial charge in [-0.15, -0.1) is 0 Å². The van der Waals surface area contributed by atoms with Crippen molar-refractivity contribution in [2.45, 2.75) is 38.1 Å². The Bertz CT molecular complexity index is 660. The van der Waals surface area contributed by atoms with E-state index in [0.29, 0.717) is 5.56 Å². The first kappa shape index (κ1) is 15.3. The normalized spacial score (nSPS) is 32.1. The van der Waals surface area contributed by atoms with Crippen molar-refractivity contribution in [3.63, 3.8) is 0 Å². The van der Waals surface area contributed by atoms with Gasteiger partial charge in [-0.2, -0.15) is 0 Å². The maximum Gasteiger partial charge on any atom is 0.338 e. The summed E-state index contributed by atoms with van der Waals surface area (Å²) in [6, 6.07) is 8.66. The van der Waals surface area contributed by atoms with Crippen LogP contribution in [-0.4, -0.2) is 47.5 Å². The molecule has 3 fully saturated rings. The van der Waals surface area contributed by atoms with E-state index in [4.69, 9.17) is 9.47 Å². The average molecular weight is 329 g/mol. The Morgan fingerprint density at radius 3 is 2.33 bits per heavy atom. The summed E-state index contributed by atoms with van der Waals surface area (Å²) < 4.78 is 11.1. The Morgan fingerprint density at radius 1 is 1.17 bits per heavy atom. The minimum Gasteiger partial charge on any atom is -0.457 e. The highest BCUT2D eigenvalue weighted by molar-refractivity contribution is 6.06.